The minimum Gasteiger partial charge on any atom is -0.324 e. The third-order valence-corrected chi connectivity index (χ3v) is 4.76. The van der Waals surface area contributed by atoms with Gasteiger partial charge in [0.1, 0.15) is 0 Å². The Morgan fingerprint density at radius 1 is 1.22 bits per heavy atom. The zero-order valence-electron chi connectivity index (χ0n) is 10.0. The molecule has 1 aromatic carbocycles. The van der Waals surface area contributed by atoms with Crippen molar-refractivity contribution in [3.8, 4) is 0 Å². The maximum absolute atomic E-state index is 11.3. The highest BCUT2D eigenvalue weighted by Crippen LogP contribution is 2.20. The molecule has 1 aromatic heterocycles. The number of nitrogens with two attached hydrogens (primary N) is 1. The van der Waals surface area contributed by atoms with Crippen molar-refractivity contribution in [3.05, 3.63) is 52.2 Å². The highest BCUT2D eigenvalue weighted by Gasteiger charge is 2.10. The second-order valence-electron chi connectivity index (χ2n) is 4.23. The smallest absolute Gasteiger partial charge is 0.175 e. The second kappa shape index (κ2) is 5.22. The van der Waals surface area contributed by atoms with Crippen molar-refractivity contribution in [2.75, 3.05) is 6.26 Å². The van der Waals surface area contributed by atoms with Crippen LogP contribution in [0.2, 0.25) is 0 Å². The molecular weight excluding hydrogens is 266 g/mol. The molecule has 1 heterocycles. The van der Waals surface area contributed by atoms with Gasteiger partial charge >= 0.3 is 0 Å². The van der Waals surface area contributed by atoms with E-state index in [4.69, 9.17) is 5.73 Å². The van der Waals surface area contributed by atoms with E-state index in [1.165, 1.54) is 11.1 Å². The van der Waals surface area contributed by atoms with Crippen LogP contribution in [0.25, 0.3) is 0 Å². The Bertz CT molecular complexity index is 601. The SMILES string of the molecule is CS(=O)(=O)c1ccc(C(N)Cc2cccs2)cc1. The Hall–Kier alpha value is -1.17. The van der Waals surface area contributed by atoms with Crippen LogP contribution in [-0.4, -0.2) is 14.7 Å². The normalized spacial score (nSPS) is 13.4. The number of hydrogen-bond acceptors (Lipinski definition) is 4. The molecule has 0 spiro atoms. The molecule has 0 fully saturated rings. The van der Waals surface area contributed by atoms with Gasteiger partial charge in [-0.3, -0.25) is 0 Å². The fourth-order valence-corrected chi connectivity index (χ4v) is 3.12. The van der Waals surface area contributed by atoms with Gasteiger partial charge in [-0.2, -0.15) is 0 Å². The van der Waals surface area contributed by atoms with E-state index in [2.05, 4.69) is 6.07 Å². The van der Waals surface area contributed by atoms with Crippen LogP contribution in [0, 0.1) is 0 Å². The molecule has 1 unspecified atom stereocenters. The molecule has 0 radical (unpaired) electrons. The minimum absolute atomic E-state index is 0.0998. The molecule has 96 valence electrons. The Labute approximate surface area is 111 Å². The highest BCUT2D eigenvalue weighted by atomic mass is 32.2. The first kappa shape index (κ1) is 13.3. The lowest BCUT2D eigenvalue weighted by Gasteiger charge is -2.11. The van der Waals surface area contributed by atoms with Gasteiger partial charge in [-0.05, 0) is 29.1 Å². The van der Waals surface area contributed by atoms with Gasteiger partial charge in [-0.1, -0.05) is 18.2 Å². The topological polar surface area (TPSA) is 60.2 Å². The molecule has 0 amide bonds. The van der Waals surface area contributed by atoms with Gasteiger partial charge in [0.05, 0.1) is 4.90 Å². The lowest BCUT2D eigenvalue weighted by atomic mass is 10.0. The Balaban J connectivity index is 2.14. The predicted octanol–water partition coefficient (Wildman–Crippen LogP) is 2.39. The molecule has 3 nitrogen and oxygen atoms in total. The monoisotopic (exact) mass is 281 g/mol. The molecule has 2 N–H and O–H groups in total. The van der Waals surface area contributed by atoms with Gasteiger partial charge in [0.25, 0.3) is 0 Å². The van der Waals surface area contributed by atoms with Crippen molar-refractivity contribution in [2.45, 2.75) is 17.4 Å². The van der Waals surface area contributed by atoms with Crippen LogP contribution in [-0.2, 0) is 16.3 Å². The third kappa shape index (κ3) is 3.19. The van der Waals surface area contributed by atoms with Crippen molar-refractivity contribution in [1.82, 2.24) is 0 Å². The van der Waals surface area contributed by atoms with E-state index >= 15 is 0 Å². The average molecular weight is 281 g/mol. The second-order valence-corrected chi connectivity index (χ2v) is 7.28. The van der Waals surface area contributed by atoms with Crippen LogP contribution in [0.15, 0.2) is 46.7 Å². The van der Waals surface area contributed by atoms with Crippen molar-refractivity contribution < 1.29 is 8.42 Å². The van der Waals surface area contributed by atoms with E-state index in [0.29, 0.717) is 4.90 Å². The van der Waals surface area contributed by atoms with Gasteiger partial charge < -0.3 is 5.73 Å². The summed E-state index contributed by atoms with van der Waals surface area (Å²) in [4.78, 5) is 1.56. The van der Waals surface area contributed by atoms with E-state index in [9.17, 15) is 8.42 Å². The zero-order chi connectivity index (χ0) is 13.2. The molecule has 18 heavy (non-hydrogen) atoms. The van der Waals surface area contributed by atoms with Crippen LogP contribution in [0.1, 0.15) is 16.5 Å². The van der Waals surface area contributed by atoms with E-state index in [1.807, 2.05) is 11.4 Å². The average Bonchev–Trinajstić information content (AvgIpc) is 2.81. The quantitative estimate of drug-likeness (QED) is 0.936. The van der Waals surface area contributed by atoms with E-state index in [0.717, 1.165) is 12.0 Å². The molecule has 0 bridgehead atoms. The molecule has 0 aliphatic rings. The molecule has 5 heteroatoms. The highest BCUT2D eigenvalue weighted by molar-refractivity contribution is 7.90. The van der Waals surface area contributed by atoms with E-state index in [1.54, 1.807) is 35.6 Å². The molecule has 0 aliphatic carbocycles. The molecule has 2 aromatic rings. The fourth-order valence-electron chi connectivity index (χ4n) is 1.73. The summed E-state index contributed by atoms with van der Waals surface area (Å²) in [5, 5.41) is 2.02. The standard InChI is InChI=1S/C13H15NO2S2/c1-18(15,16)12-6-4-10(5-7-12)13(14)9-11-3-2-8-17-11/h2-8,13H,9,14H2,1H3. The lowest BCUT2D eigenvalue weighted by molar-refractivity contribution is 0.601. The largest absolute Gasteiger partial charge is 0.324 e. The summed E-state index contributed by atoms with van der Waals surface area (Å²) in [7, 11) is -3.13. The number of sulfone groups is 1. The number of rotatable bonds is 4. The van der Waals surface area contributed by atoms with Gasteiger partial charge in [-0.15, -0.1) is 11.3 Å². The molecule has 0 saturated carbocycles. The van der Waals surface area contributed by atoms with Gasteiger partial charge in [-0.25, -0.2) is 8.42 Å². The predicted molar refractivity (Wildman–Crippen MR) is 74.5 cm³/mol. The van der Waals surface area contributed by atoms with E-state index in [-0.39, 0.29) is 6.04 Å². The van der Waals surface area contributed by atoms with Crippen molar-refractivity contribution in [2.24, 2.45) is 5.73 Å². The van der Waals surface area contributed by atoms with Crippen molar-refractivity contribution in [3.63, 3.8) is 0 Å². The number of benzene rings is 1. The van der Waals surface area contributed by atoms with Crippen LogP contribution in [0.4, 0.5) is 0 Å². The van der Waals surface area contributed by atoms with Crippen molar-refractivity contribution in [1.29, 1.82) is 0 Å². The van der Waals surface area contributed by atoms with Crippen LogP contribution in [0.5, 0.6) is 0 Å². The maximum atomic E-state index is 11.3. The maximum Gasteiger partial charge on any atom is 0.175 e. The Morgan fingerprint density at radius 3 is 2.39 bits per heavy atom. The number of hydrogen-bond donors (Lipinski definition) is 1. The van der Waals surface area contributed by atoms with Crippen LogP contribution >= 0.6 is 11.3 Å². The summed E-state index contributed by atoms with van der Waals surface area (Å²) in [5.41, 5.74) is 7.06. The van der Waals surface area contributed by atoms with Gasteiger partial charge in [0, 0.05) is 23.6 Å². The minimum atomic E-state index is -3.13. The van der Waals surface area contributed by atoms with E-state index < -0.39 is 9.84 Å². The van der Waals surface area contributed by atoms with Gasteiger partial charge in [0.15, 0.2) is 9.84 Å². The van der Waals surface area contributed by atoms with Gasteiger partial charge in [0.2, 0.25) is 0 Å². The summed E-state index contributed by atoms with van der Waals surface area (Å²) in [5.74, 6) is 0. The fraction of sp³-hybridized carbons (Fsp3) is 0.231. The van der Waals surface area contributed by atoms with Crippen LogP contribution in [0.3, 0.4) is 0 Å². The molecule has 1 atom stereocenters. The summed E-state index contributed by atoms with van der Waals surface area (Å²) >= 11 is 1.68. The summed E-state index contributed by atoms with van der Waals surface area (Å²) in [6, 6.07) is 10.7. The Kier molecular flexibility index (Phi) is 3.85. The lowest BCUT2D eigenvalue weighted by Crippen LogP contribution is -2.12. The first-order chi connectivity index (χ1) is 8.47. The molecule has 0 saturated heterocycles. The number of thiophene rings is 1. The zero-order valence-corrected chi connectivity index (χ0v) is 11.7. The first-order valence-corrected chi connectivity index (χ1v) is 8.32. The van der Waals surface area contributed by atoms with Crippen molar-refractivity contribution >= 4 is 21.2 Å². The molecule has 2 rings (SSSR count). The molecule has 0 aliphatic heterocycles. The summed E-state index contributed by atoms with van der Waals surface area (Å²) in [6.07, 6.45) is 1.98. The van der Waals surface area contributed by atoms with Crippen LogP contribution < -0.4 is 5.73 Å². The summed E-state index contributed by atoms with van der Waals surface area (Å²) < 4.78 is 22.7. The summed E-state index contributed by atoms with van der Waals surface area (Å²) in [6.45, 7) is 0. The third-order valence-electron chi connectivity index (χ3n) is 2.74. The molecular formula is C13H15NO2S2. The Morgan fingerprint density at radius 2 is 1.89 bits per heavy atom. The first-order valence-electron chi connectivity index (χ1n) is 5.55.